The van der Waals surface area contributed by atoms with Crippen molar-refractivity contribution >= 4 is 29.2 Å². The van der Waals surface area contributed by atoms with Crippen LogP contribution in [0.3, 0.4) is 0 Å². The maximum Gasteiger partial charge on any atom is 0.223 e. The summed E-state index contributed by atoms with van der Waals surface area (Å²) in [5.74, 6) is 0. The highest BCUT2D eigenvalue weighted by atomic mass is 32.1. The van der Waals surface area contributed by atoms with Crippen LogP contribution >= 0.6 is 12.2 Å². The molecular weight excluding hydrogens is 244 g/mol. The van der Waals surface area contributed by atoms with Crippen LogP contribution < -0.4 is 20.7 Å². The maximum absolute atomic E-state index is 4.95. The van der Waals surface area contributed by atoms with Crippen molar-refractivity contribution in [1.29, 1.82) is 0 Å². The second-order valence-electron chi connectivity index (χ2n) is 3.76. The van der Waals surface area contributed by atoms with Crippen LogP contribution in [0.5, 0.6) is 0 Å². The van der Waals surface area contributed by atoms with Crippen molar-refractivity contribution in [1.82, 2.24) is 10.7 Å². The van der Waals surface area contributed by atoms with Crippen LogP contribution in [0.25, 0.3) is 0 Å². The quantitative estimate of drug-likeness (QED) is 0.399. The van der Waals surface area contributed by atoms with Crippen molar-refractivity contribution < 1.29 is 5.10 Å². The molecule has 0 amide bonds. The number of benzene rings is 1. The number of hydrogen-bond donors (Lipinski definition) is 3. The molecule has 0 saturated carbocycles. The van der Waals surface area contributed by atoms with Crippen LogP contribution in [0, 0.1) is 0 Å². The van der Waals surface area contributed by atoms with Gasteiger partial charge < -0.3 is 10.2 Å². The average Bonchev–Trinajstić information content (AvgIpc) is 2.41. The van der Waals surface area contributed by atoms with E-state index in [4.69, 9.17) is 12.2 Å². The van der Waals surface area contributed by atoms with E-state index in [2.05, 4.69) is 58.9 Å². The fraction of sp³-hybridized carbons (Fsp3) is 0.385. The van der Waals surface area contributed by atoms with E-state index >= 15 is 0 Å². The molecule has 0 aliphatic carbocycles. The topological polar surface area (TPSA) is 41.3 Å². The van der Waals surface area contributed by atoms with E-state index in [-0.39, 0.29) is 0 Å². The first kappa shape index (κ1) is 14.4. The van der Waals surface area contributed by atoms with Crippen LogP contribution in [0.4, 0.5) is 5.69 Å². The van der Waals surface area contributed by atoms with Crippen molar-refractivity contribution in [2.24, 2.45) is 0 Å². The molecule has 4 nitrogen and oxygen atoms in total. The largest absolute Gasteiger partial charge is 0.372 e. The summed E-state index contributed by atoms with van der Waals surface area (Å²) in [5, 5.41) is 6.32. The molecule has 0 aliphatic rings. The fourth-order valence-corrected chi connectivity index (χ4v) is 1.68. The molecule has 0 atom stereocenters. The van der Waals surface area contributed by atoms with Crippen LogP contribution in [-0.4, -0.2) is 31.5 Å². The number of nitrogens with zero attached hydrogens (tertiary/aromatic N) is 1. The van der Waals surface area contributed by atoms with Crippen molar-refractivity contribution in [2.45, 2.75) is 13.8 Å². The van der Waals surface area contributed by atoms with E-state index in [0.717, 1.165) is 18.7 Å². The third-order valence-electron chi connectivity index (χ3n) is 2.67. The van der Waals surface area contributed by atoms with Gasteiger partial charge in [-0.15, -0.1) is 10.5 Å². The monoisotopic (exact) mass is 265 g/mol. The predicted octanol–water partition coefficient (Wildman–Crippen LogP) is 0.0412. The summed E-state index contributed by atoms with van der Waals surface area (Å²) >= 11 is 4.95. The van der Waals surface area contributed by atoms with Crippen molar-refractivity contribution in [3.8, 4) is 0 Å². The lowest BCUT2D eigenvalue weighted by molar-refractivity contribution is -0.500. The highest BCUT2D eigenvalue weighted by Crippen LogP contribution is 2.13. The number of hydrazine groups is 1. The van der Waals surface area contributed by atoms with Gasteiger partial charge in [0.15, 0.2) is 6.21 Å². The summed E-state index contributed by atoms with van der Waals surface area (Å²) in [6.07, 6.45) is 1.87. The summed E-state index contributed by atoms with van der Waals surface area (Å²) in [4.78, 5) is 2.31. The molecule has 0 fully saturated rings. The van der Waals surface area contributed by atoms with Gasteiger partial charge in [0.25, 0.3) is 0 Å². The molecule has 98 valence electrons. The Morgan fingerprint density at radius 3 is 2.39 bits per heavy atom. The van der Waals surface area contributed by atoms with Gasteiger partial charge in [-0.1, -0.05) is 0 Å². The summed E-state index contributed by atoms with van der Waals surface area (Å²) < 4.78 is 0. The van der Waals surface area contributed by atoms with Crippen LogP contribution in [0.15, 0.2) is 24.3 Å². The van der Waals surface area contributed by atoms with Gasteiger partial charge in [0, 0.05) is 31.4 Å². The molecule has 0 bridgehead atoms. The molecule has 0 radical (unpaired) electrons. The van der Waals surface area contributed by atoms with Gasteiger partial charge in [0.05, 0.1) is 0 Å². The summed E-state index contributed by atoms with van der Waals surface area (Å²) in [7, 11) is 1.77. The van der Waals surface area contributed by atoms with Crippen LogP contribution in [-0.2, 0) is 0 Å². The highest BCUT2D eigenvalue weighted by Gasteiger charge is 2.01. The number of rotatable bonds is 5. The molecule has 0 spiro atoms. The first-order valence-electron chi connectivity index (χ1n) is 6.12. The highest BCUT2D eigenvalue weighted by molar-refractivity contribution is 7.80. The van der Waals surface area contributed by atoms with Gasteiger partial charge in [-0.25, -0.2) is 0 Å². The number of thiocarbonyl (C=S) groups is 1. The van der Waals surface area contributed by atoms with Gasteiger partial charge >= 0.3 is 0 Å². The molecular formula is C13H21N4S+. The Kier molecular flexibility index (Phi) is 6.14. The maximum atomic E-state index is 4.95. The third kappa shape index (κ3) is 4.33. The third-order valence-corrected chi connectivity index (χ3v) is 2.98. The molecule has 3 N–H and O–H groups in total. The number of anilines is 1. The summed E-state index contributed by atoms with van der Waals surface area (Å²) in [6.45, 7) is 6.37. The normalized spacial score (nSPS) is 10.4. The Morgan fingerprint density at radius 2 is 1.89 bits per heavy atom. The van der Waals surface area contributed by atoms with E-state index in [1.54, 1.807) is 7.05 Å². The second-order valence-corrected chi connectivity index (χ2v) is 4.16. The van der Waals surface area contributed by atoms with Crippen molar-refractivity contribution in [2.75, 3.05) is 25.0 Å². The van der Waals surface area contributed by atoms with E-state index in [1.165, 1.54) is 5.69 Å². The summed E-state index contributed by atoms with van der Waals surface area (Å²) in [5.41, 5.74) is 5.19. The van der Waals surface area contributed by atoms with Crippen LogP contribution in [0.1, 0.15) is 19.4 Å². The van der Waals surface area contributed by atoms with Gasteiger partial charge in [-0.2, -0.15) is 0 Å². The predicted molar refractivity (Wildman–Crippen MR) is 80.9 cm³/mol. The zero-order valence-electron chi connectivity index (χ0n) is 11.2. The smallest absolute Gasteiger partial charge is 0.223 e. The SMILES string of the molecule is CCN(CC)c1ccc(C=[NH+]NC(=S)NC)cc1. The van der Waals surface area contributed by atoms with Gasteiger partial charge in [-0.3, -0.25) is 0 Å². The molecule has 1 aromatic carbocycles. The van der Waals surface area contributed by atoms with Gasteiger partial charge in [0.1, 0.15) is 0 Å². The molecule has 18 heavy (non-hydrogen) atoms. The van der Waals surface area contributed by atoms with E-state index in [9.17, 15) is 0 Å². The first-order chi connectivity index (χ1) is 8.71. The van der Waals surface area contributed by atoms with Crippen molar-refractivity contribution in [3.63, 3.8) is 0 Å². The van der Waals surface area contributed by atoms with E-state index in [0.29, 0.717) is 5.11 Å². The lowest BCUT2D eigenvalue weighted by Crippen LogP contribution is -2.82. The minimum absolute atomic E-state index is 0.561. The Labute approximate surface area is 114 Å². The number of hydrogen-bond acceptors (Lipinski definition) is 2. The molecule has 0 aliphatic heterocycles. The first-order valence-corrected chi connectivity index (χ1v) is 6.53. The second kappa shape index (κ2) is 7.66. The molecule has 0 saturated heterocycles. The Balaban J connectivity index is 2.62. The zero-order valence-corrected chi connectivity index (χ0v) is 12.0. The molecule has 0 aromatic heterocycles. The molecule has 0 unspecified atom stereocenters. The Morgan fingerprint density at radius 1 is 1.28 bits per heavy atom. The number of hydrazone groups is 1. The Hall–Kier alpha value is -1.62. The standard InChI is InChI=1S/C13H20N4S/c1-4-17(5-2)12-8-6-11(7-9-12)10-15-16-13(18)14-3/h6-10H,4-5H2,1-3H3,(H2,14,16,18)/p+1. The zero-order chi connectivity index (χ0) is 13.4. The summed E-state index contributed by atoms with van der Waals surface area (Å²) in [6, 6.07) is 8.39. The lowest BCUT2D eigenvalue weighted by atomic mass is 10.2. The van der Waals surface area contributed by atoms with Crippen molar-refractivity contribution in [3.05, 3.63) is 29.8 Å². The average molecular weight is 265 g/mol. The molecule has 5 heteroatoms. The molecule has 1 aromatic rings. The van der Waals surface area contributed by atoms with Crippen LogP contribution in [0.2, 0.25) is 0 Å². The minimum atomic E-state index is 0.561. The van der Waals surface area contributed by atoms with Gasteiger partial charge in [-0.05, 0) is 50.3 Å². The lowest BCUT2D eigenvalue weighted by Gasteiger charge is -2.20. The minimum Gasteiger partial charge on any atom is -0.372 e. The van der Waals surface area contributed by atoms with E-state index < -0.39 is 0 Å². The fourth-order valence-electron chi connectivity index (χ4n) is 1.62. The Bertz CT molecular complexity index is 396. The van der Waals surface area contributed by atoms with Gasteiger partial charge in [0.2, 0.25) is 5.11 Å². The number of nitrogens with one attached hydrogen (secondary N) is 3. The molecule has 0 heterocycles. The van der Waals surface area contributed by atoms with E-state index in [1.807, 2.05) is 6.21 Å². The molecule has 1 rings (SSSR count).